The zero-order chi connectivity index (χ0) is 10.3. The summed E-state index contributed by atoms with van der Waals surface area (Å²) in [5, 5.41) is 0. The van der Waals surface area contributed by atoms with E-state index < -0.39 is 5.60 Å². The number of carbonyl (C=O) groups is 1. The van der Waals surface area contributed by atoms with Gasteiger partial charge in [0.1, 0.15) is 6.10 Å². The first-order valence-corrected chi connectivity index (χ1v) is 4.95. The van der Waals surface area contributed by atoms with Crippen molar-refractivity contribution in [2.45, 2.75) is 44.2 Å². The number of fused-ring (bicyclic) bond motifs is 1. The summed E-state index contributed by atoms with van der Waals surface area (Å²) in [5.74, 6) is 0.120. The smallest absolute Gasteiger partial charge is 0.178 e. The van der Waals surface area contributed by atoms with Gasteiger partial charge in [-0.3, -0.25) is 4.79 Å². The minimum Gasteiger partial charge on any atom is -0.378 e. The predicted molar refractivity (Wildman–Crippen MR) is 49.1 cm³/mol. The molecule has 0 aromatic rings. The molecule has 4 heteroatoms. The number of ketones is 1. The molecule has 3 atom stereocenters. The first kappa shape index (κ1) is 10.1. The molecule has 80 valence electrons. The molecule has 2 rings (SSSR count). The van der Waals surface area contributed by atoms with Crippen molar-refractivity contribution in [1.82, 2.24) is 0 Å². The molecule has 0 radical (unpaired) electrons. The molecule has 0 aromatic carbocycles. The van der Waals surface area contributed by atoms with E-state index in [9.17, 15) is 4.79 Å². The third-order valence-corrected chi connectivity index (χ3v) is 2.87. The summed E-state index contributed by atoms with van der Waals surface area (Å²) < 4.78 is 16.0. The number of Topliss-reactive ketones (excluding diaryl/α,β-unsaturated/α-hetero) is 1. The fourth-order valence-electron chi connectivity index (χ4n) is 1.95. The Labute approximate surface area is 83.5 Å². The number of rotatable bonds is 4. The van der Waals surface area contributed by atoms with E-state index in [-0.39, 0.29) is 24.1 Å². The van der Waals surface area contributed by atoms with E-state index in [1.54, 1.807) is 7.11 Å². The maximum atomic E-state index is 11.6. The molecule has 4 nitrogen and oxygen atoms in total. The highest BCUT2D eigenvalue weighted by molar-refractivity contribution is 5.94. The Kier molecular flexibility index (Phi) is 2.37. The number of ether oxygens (including phenoxy) is 3. The highest BCUT2D eigenvalue weighted by Gasteiger charge is 2.70. The summed E-state index contributed by atoms with van der Waals surface area (Å²) in [6.07, 6.45) is 0.448. The summed E-state index contributed by atoms with van der Waals surface area (Å²) in [5.41, 5.74) is -0.662. The molecule has 0 bridgehead atoms. The lowest BCUT2D eigenvalue weighted by molar-refractivity contribution is -0.128. The molecule has 0 unspecified atom stereocenters. The van der Waals surface area contributed by atoms with Crippen LogP contribution in [-0.4, -0.2) is 43.4 Å². The van der Waals surface area contributed by atoms with Crippen LogP contribution in [0.2, 0.25) is 0 Å². The molecule has 1 aliphatic carbocycles. The van der Waals surface area contributed by atoms with Crippen LogP contribution in [0.4, 0.5) is 0 Å². The average molecular weight is 200 g/mol. The van der Waals surface area contributed by atoms with E-state index in [0.29, 0.717) is 13.0 Å². The van der Waals surface area contributed by atoms with Crippen LogP contribution in [0.25, 0.3) is 0 Å². The van der Waals surface area contributed by atoms with Crippen molar-refractivity contribution in [3.63, 3.8) is 0 Å². The SMILES string of the molecule is CO[C@H]1CC(=O)[C@]2(COC(C)C)O[C@H]12. The number of methoxy groups -OCH3 is 1. The lowest BCUT2D eigenvalue weighted by Gasteiger charge is -2.10. The number of epoxide rings is 1. The van der Waals surface area contributed by atoms with Gasteiger partial charge in [0, 0.05) is 13.5 Å². The fourth-order valence-corrected chi connectivity index (χ4v) is 1.95. The van der Waals surface area contributed by atoms with E-state index in [0.717, 1.165) is 0 Å². The van der Waals surface area contributed by atoms with Gasteiger partial charge in [0.2, 0.25) is 0 Å². The van der Waals surface area contributed by atoms with Crippen LogP contribution in [0, 0.1) is 0 Å². The first-order chi connectivity index (χ1) is 6.60. The standard InChI is InChI=1S/C10H16O4/c1-6(2)13-5-10-8(11)4-7(12-3)9(10)14-10/h6-7,9H,4-5H2,1-3H3/t7-,9+,10-/m0/s1. The second-order valence-corrected chi connectivity index (χ2v) is 4.19. The van der Waals surface area contributed by atoms with Crippen LogP contribution in [0.5, 0.6) is 0 Å². The Morgan fingerprint density at radius 1 is 1.64 bits per heavy atom. The van der Waals surface area contributed by atoms with Crippen molar-refractivity contribution < 1.29 is 19.0 Å². The molecule has 0 N–H and O–H groups in total. The topological polar surface area (TPSA) is 48.1 Å². The molecule has 1 heterocycles. The van der Waals surface area contributed by atoms with Crippen molar-refractivity contribution in [3.05, 3.63) is 0 Å². The van der Waals surface area contributed by atoms with Gasteiger partial charge in [0.15, 0.2) is 11.4 Å². The van der Waals surface area contributed by atoms with Crippen molar-refractivity contribution in [2.75, 3.05) is 13.7 Å². The van der Waals surface area contributed by atoms with E-state index in [2.05, 4.69) is 0 Å². The van der Waals surface area contributed by atoms with Gasteiger partial charge in [-0.25, -0.2) is 0 Å². The summed E-state index contributed by atoms with van der Waals surface area (Å²) in [6.45, 7) is 4.26. The third-order valence-electron chi connectivity index (χ3n) is 2.87. The Balaban J connectivity index is 1.96. The molecule has 1 saturated heterocycles. The lowest BCUT2D eigenvalue weighted by atomic mass is 10.1. The van der Waals surface area contributed by atoms with Gasteiger partial charge in [-0.2, -0.15) is 0 Å². The van der Waals surface area contributed by atoms with Gasteiger partial charge in [0.05, 0.1) is 18.8 Å². The van der Waals surface area contributed by atoms with Gasteiger partial charge < -0.3 is 14.2 Å². The molecule has 1 saturated carbocycles. The lowest BCUT2D eigenvalue weighted by Crippen LogP contribution is -2.29. The van der Waals surface area contributed by atoms with Crippen LogP contribution in [0.3, 0.4) is 0 Å². The second-order valence-electron chi connectivity index (χ2n) is 4.19. The highest BCUT2D eigenvalue weighted by atomic mass is 16.7. The zero-order valence-corrected chi connectivity index (χ0v) is 8.78. The molecule has 0 amide bonds. The van der Waals surface area contributed by atoms with Crippen LogP contribution >= 0.6 is 0 Å². The Hall–Kier alpha value is -0.450. The van der Waals surface area contributed by atoms with Crippen LogP contribution in [-0.2, 0) is 19.0 Å². The van der Waals surface area contributed by atoms with E-state index in [1.807, 2.05) is 13.8 Å². The van der Waals surface area contributed by atoms with Crippen molar-refractivity contribution in [2.24, 2.45) is 0 Å². The van der Waals surface area contributed by atoms with Crippen molar-refractivity contribution >= 4 is 5.78 Å². The largest absolute Gasteiger partial charge is 0.378 e. The van der Waals surface area contributed by atoms with Gasteiger partial charge >= 0.3 is 0 Å². The molecular formula is C10H16O4. The molecule has 0 aromatic heterocycles. The summed E-state index contributed by atoms with van der Waals surface area (Å²) >= 11 is 0. The quantitative estimate of drug-likeness (QED) is 0.621. The van der Waals surface area contributed by atoms with Gasteiger partial charge in [0.25, 0.3) is 0 Å². The van der Waals surface area contributed by atoms with Crippen molar-refractivity contribution in [1.29, 1.82) is 0 Å². The molecule has 1 aliphatic heterocycles. The molecule has 0 spiro atoms. The minimum absolute atomic E-state index is 0.0706. The van der Waals surface area contributed by atoms with Crippen LogP contribution < -0.4 is 0 Å². The number of hydrogen-bond donors (Lipinski definition) is 0. The highest BCUT2D eigenvalue weighted by Crippen LogP contribution is 2.48. The Morgan fingerprint density at radius 2 is 2.36 bits per heavy atom. The fraction of sp³-hybridized carbons (Fsp3) is 0.900. The van der Waals surface area contributed by atoms with Gasteiger partial charge in [-0.1, -0.05) is 0 Å². The second kappa shape index (κ2) is 3.29. The van der Waals surface area contributed by atoms with E-state index >= 15 is 0 Å². The number of carbonyl (C=O) groups excluding carboxylic acids is 1. The summed E-state index contributed by atoms with van der Waals surface area (Å²) in [6, 6.07) is 0. The monoisotopic (exact) mass is 200 g/mol. The summed E-state index contributed by atoms with van der Waals surface area (Å²) in [4.78, 5) is 11.6. The molecular weight excluding hydrogens is 184 g/mol. The van der Waals surface area contributed by atoms with Crippen molar-refractivity contribution in [3.8, 4) is 0 Å². The number of hydrogen-bond acceptors (Lipinski definition) is 4. The predicted octanol–water partition coefficient (Wildman–Crippen LogP) is 0.537. The van der Waals surface area contributed by atoms with Crippen LogP contribution in [0.15, 0.2) is 0 Å². The van der Waals surface area contributed by atoms with Gasteiger partial charge in [-0.15, -0.1) is 0 Å². The molecule has 2 fully saturated rings. The first-order valence-electron chi connectivity index (χ1n) is 4.95. The van der Waals surface area contributed by atoms with E-state index in [1.165, 1.54) is 0 Å². The Morgan fingerprint density at radius 3 is 2.79 bits per heavy atom. The maximum absolute atomic E-state index is 11.6. The average Bonchev–Trinajstić information content (AvgIpc) is 2.81. The molecule has 2 aliphatic rings. The normalized spacial score (nSPS) is 40.4. The summed E-state index contributed by atoms with van der Waals surface area (Å²) in [7, 11) is 1.61. The van der Waals surface area contributed by atoms with Crippen LogP contribution in [0.1, 0.15) is 20.3 Å². The Bertz CT molecular complexity index is 251. The molecule has 14 heavy (non-hydrogen) atoms. The van der Waals surface area contributed by atoms with E-state index in [4.69, 9.17) is 14.2 Å². The maximum Gasteiger partial charge on any atom is 0.178 e. The zero-order valence-electron chi connectivity index (χ0n) is 8.78. The third kappa shape index (κ3) is 1.38. The minimum atomic E-state index is -0.662. The van der Waals surface area contributed by atoms with Gasteiger partial charge in [-0.05, 0) is 13.8 Å².